The second-order valence-electron chi connectivity index (χ2n) is 8.08. The lowest BCUT2D eigenvalue weighted by molar-refractivity contribution is -0.133. The monoisotopic (exact) mass is 491 g/mol. The fraction of sp³-hybridized carbons (Fsp3) is 0.160. The van der Waals surface area contributed by atoms with Crippen molar-refractivity contribution in [1.29, 1.82) is 0 Å². The molecule has 10 nitrogen and oxygen atoms in total. The zero-order chi connectivity index (χ0) is 25.9. The third-order valence-corrected chi connectivity index (χ3v) is 5.65. The third kappa shape index (κ3) is 4.85. The van der Waals surface area contributed by atoms with Crippen LogP contribution in [0.2, 0.25) is 0 Å². The number of aromatic nitrogens is 1. The van der Waals surface area contributed by atoms with Crippen molar-refractivity contribution < 1.29 is 28.3 Å². The van der Waals surface area contributed by atoms with E-state index in [0.717, 1.165) is 17.0 Å². The van der Waals surface area contributed by atoms with E-state index in [1.807, 2.05) is 0 Å². The van der Waals surface area contributed by atoms with Crippen LogP contribution in [0.15, 0.2) is 66.9 Å². The summed E-state index contributed by atoms with van der Waals surface area (Å²) < 4.78 is 19.0. The Morgan fingerprint density at radius 1 is 1.06 bits per heavy atom. The number of urea groups is 1. The molecule has 1 aliphatic rings. The zero-order valence-electron chi connectivity index (χ0n) is 19.4. The van der Waals surface area contributed by atoms with E-state index in [1.54, 1.807) is 36.4 Å². The Hall–Kier alpha value is -4.80. The highest BCUT2D eigenvalue weighted by molar-refractivity contribution is 6.11. The summed E-state index contributed by atoms with van der Waals surface area (Å²) in [4.78, 5) is 55.6. The number of pyridine rings is 1. The molecule has 0 spiro atoms. The Morgan fingerprint density at radius 3 is 2.47 bits per heavy atom. The number of hydrogen-bond donors (Lipinski definition) is 3. The summed E-state index contributed by atoms with van der Waals surface area (Å²) in [5.74, 6) is -2.05. The second-order valence-corrected chi connectivity index (χ2v) is 8.08. The predicted octanol–water partition coefficient (Wildman–Crippen LogP) is 2.89. The quantitative estimate of drug-likeness (QED) is 0.436. The van der Waals surface area contributed by atoms with E-state index in [9.17, 15) is 23.6 Å². The van der Waals surface area contributed by atoms with E-state index in [2.05, 4.69) is 20.9 Å². The largest absolute Gasteiger partial charge is 0.497 e. The van der Waals surface area contributed by atoms with E-state index in [0.29, 0.717) is 11.3 Å². The maximum absolute atomic E-state index is 13.9. The molecule has 5 amide bonds. The summed E-state index contributed by atoms with van der Waals surface area (Å²) >= 11 is 0. The highest BCUT2D eigenvalue weighted by Crippen LogP contribution is 2.30. The lowest BCUT2D eigenvalue weighted by Crippen LogP contribution is -2.42. The van der Waals surface area contributed by atoms with Gasteiger partial charge in [-0.15, -0.1) is 0 Å². The number of rotatable bonds is 7. The van der Waals surface area contributed by atoms with Crippen molar-refractivity contribution in [1.82, 2.24) is 15.2 Å². The summed E-state index contributed by atoms with van der Waals surface area (Å²) in [6.45, 7) is 0.908. The van der Waals surface area contributed by atoms with Crippen molar-refractivity contribution >= 4 is 35.1 Å². The SMILES string of the molecule is COc1ccc(C2(C)NC(=O)N(CC(=O)Nc3cc(F)ccc3NC(=O)c3ccccn3)C2=O)cc1. The summed E-state index contributed by atoms with van der Waals surface area (Å²) in [6.07, 6.45) is 1.44. The number of anilines is 2. The van der Waals surface area contributed by atoms with E-state index >= 15 is 0 Å². The van der Waals surface area contributed by atoms with Gasteiger partial charge in [-0.2, -0.15) is 0 Å². The van der Waals surface area contributed by atoms with Crippen molar-refractivity contribution in [2.75, 3.05) is 24.3 Å². The van der Waals surface area contributed by atoms with Crippen LogP contribution in [-0.4, -0.2) is 47.3 Å². The highest BCUT2D eigenvalue weighted by atomic mass is 19.1. The van der Waals surface area contributed by atoms with Crippen molar-refractivity contribution in [2.24, 2.45) is 0 Å². The predicted molar refractivity (Wildman–Crippen MR) is 128 cm³/mol. The molecule has 3 N–H and O–H groups in total. The van der Waals surface area contributed by atoms with Crippen LogP contribution in [-0.2, 0) is 15.1 Å². The average molecular weight is 491 g/mol. The van der Waals surface area contributed by atoms with Crippen molar-refractivity contribution in [3.8, 4) is 5.75 Å². The fourth-order valence-corrected chi connectivity index (χ4v) is 3.71. The fourth-order valence-electron chi connectivity index (χ4n) is 3.71. The zero-order valence-corrected chi connectivity index (χ0v) is 19.4. The molecule has 1 unspecified atom stereocenters. The summed E-state index contributed by atoms with van der Waals surface area (Å²) in [5, 5.41) is 7.63. The van der Waals surface area contributed by atoms with Gasteiger partial charge in [-0.3, -0.25) is 24.3 Å². The molecule has 0 bridgehead atoms. The van der Waals surface area contributed by atoms with Gasteiger partial charge < -0.3 is 20.7 Å². The first kappa shape index (κ1) is 24.3. The lowest BCUT2D eigenvalue weighted by Gasteiger charge is -2.22. The molecule has 184 valence electrons. The second kappa shape index (κ2) is 9.82. The maximum atomic E-state index is 13.9. The van der Waals surface area contributed by atoms with E-state index in [4.69, 9.17) is 4.74 Å². The van der Waals surface area contributed by atoms with Gasteiger partial charge in [0.15, 0.2) is 0 Å². The number of ether oxygens (including phenoxy) is 1. The van der Waals surface area contributed by atoms with E-state index in [-0.39, 0.29) is 17.1 Å². The normalized spacial score (nSPS) is 16.9. The molecule has 11 heteroatoms. The van der Waals surface area contributed by atoms with Gasteiger partial charge in [0.1, 0.15) is 29.3 Å². The van der Waals surface area contributed by atoms with Crippen LogP contribution >= 0.6 is 0 Å². The van der Waals surface area contributed by atoms with E-state index in [1.165, 1.54) is 32.4 Å². The van der Waals surface area contributed by atoms with Crippen molar-refractivity contribution in [2.45, 2.75) is 12.5 Å². The van der Waals surface area contributed by atoms with Gasteiger partial charge in [-0.05, 0) is 55.0 Å². The number of benzene rings is 2. The molecule has 1 saturated heterocycles. The number of methoxy groups -OCH3 is 1. The number of nitrogens with zero attached hydrogens (tertiary/aromatic N) is 2. The molecule has 0 aliphatic carbocycles. The molecule has 1 atom stereocenters. The van der Waals surface area contributed by atoms with Crippen molar-refractivity contribution in [3.05, 3.63) is 83.9 Å². The first-order valence-electron chi connectivity index (χ1n) is 10.8. The average Bonchev–Trinajstić information content (AvgIpc) is 3.09. The van der Waals surface area contributed by atoms with E-state index < -0.39 is 41.7 Å². The Labute approximate surface area is 205 Å². The van der Waals surface area contributed by atoms with Crippen LogP contribution in [0.1, 0.15) is 23.0 Å². The molecule has 36 heavy (non-hydrogen) atoms. The van der Waals surface area contributed by atoms with Crippen LogP contribution in [0, 0.1) is 5.82 Å². The lowest BCUT2D eigenvalue weighted by atomic mass is 9.92. The van der Waals surface area contributed by atoms with Gasteiger partial charge in [0, 0.05) is 6.20 Å². The Balaban J connectivity index is 1.48. The molecule has 4 rings (SSSR count). The van der Waals surface area contributed by atoms with Gasteiger partial charge in [0.2, 0.25) is 5.91 Å². The smallest absolute Gasteiger partial charge is 0.325 e. The number of halogens is 1. The van der Waals surface area contributed by atoms with Crippen molar-refractivity contribution in [3.63, 3.8) is 0 Å². The van der Waals surface area contributed by atoms with Crippen LogP contribution in [0.3, 0.4) is 0 Å². The van der Waals surface area contributed by atoms with Gasteiger partial charge in [0.25, 0.3) is 11.8 Å². The molecule has 2 aromatic carbocycles. The molecule has 0 saturated carbocycles. The standard InChI is InChI=1S/C25H22FN5O5/c1-25(15-6-9-17(36-2)10-7-15)23(34)31(24(35)30-25)14-21(32)28-20-13-16(26)8-11-18(20)29-22(33)19-5-3-4-12-27-19/h3-13H,14H2,1-2H3,(H,28,32)(H,29,33)(H,30,35). The highest BCUT2D eigenvalue weighted by Gasteiger charge is 2.49. The minimum absolute atomic E-state index is 0.0470. The molecular weight excluding hydrogens is 469 g/mol. The van der Waals surface area contributed by atoms with Crippen LogP contribution in [0.4, 0.5) is 20.6 Å². The summed E-state index contributed by atoms with van der Waals surface area (Å²) in [6, 6.07) is 14.0. The Kier molecular flexibility index (Phi) is 6.64. The van der Waals surface area contributed by atoms with Gasteiger partial charge in [0.05, 0.1) is 18.5 Å². The Bertz CT molecular complexity index is 1330. The first-order valence-corrected chi connectivity index (χ1v) is 10.8. The summed E-state index contributed by atoms with van der Waals surface area (Å²) in [7, 11) is 1.51. The molecule has 3 aromatic rings. The number of nitrogens with one attached hydrogen (secondary N) is 3. The van der Waals surface area contributed by atoms with Crippen LogP contribution in [0.5, 0.6) is 5.75 Å². The molecular formula is C25H22FN5O5. The number of imide groups is 1. The van der Waals surface area contributed by atoms with Gasteiger partial charge in [-0.1, -0.05) is 18.2 Å². The molecule has 0 radical (unpaired) electrons. The number of carbonyl (C=O) groups is 4. The number of carbonyl (C=O) groups excluding carboxylic acids is 4. The number of hydrogen-bond acceptors (Lipinski definition) is 6. The Morgan fingerprint density at radius 2 is 1.81 bits per heavy atom. The topological polar surface area (TPSA) is 130 Å². The van der Waals surface area contributed by atoms with Crippen LogP contribution < -0.4 is 20.7 Å². The first-order chi connectivity index (χ1) is 17.2. The molecule has 1 aromatic heterocycles. The molecule has 1 fully saturated rings. The van der Waals surface area contributed by atoms with Gasteiger partial charge >= 0.3 is 6.03 Å². The number of amides is 5. The molecule has 1 aliphatic heterocycles. The minimum Gasteiger partial charge on any atom is -0.497 e. The van der Waals surface area contributed by atoms with Crippen LogP contribution in [0.25, 0.3) is 0 Å². The molecule has 2 heterocycles. The minimum atomic E-state index is -1.38. The van der Waals surface area contributed by atoms with Gasteiger partial charge in [-0.25, -0.2) is 9.18 Å². The third-order valence-electron chi connectivity index (χ3n) is 5.65. The summed E-state index contributed by atoms with van der Waals surface area (Å²) in [5.41, 5.74) is -0.690. The maximum Gasteiger partial charge on any atom is 0.325 e.